The van der Waals surface area contributed by atoms with Gasteiger partial charge in [0.05, 0.1) is 46.3 Å². The molecule has 8 heteroatoms. The van der Waals surface area contributed by atoms with E-state index in [2.05, 4.69) is 339 Å². The van der Waals surface area contributed by atoms with Crippen molar-refractivity contribution >= 4 is 60.2 Å². The van der Waals surface area contributed by atoms with Gasteiger partial charge in [0, 0.05) is 50.2 Å². The third-order valence-corrected chi connectivity index (χ3v) is 18.9. The fourth-order valence-electron chi connectivity index (χ4n) is 14.5. The smallest absolute Gasteiger partial charge is 0.134 e. The molecule has 4 heterocycles. The summed E-state index contributed by atoms with van der Waals surface area (Å²) in [5.74, 6) is 1.33. The first-order valence-corrected chi connectivity index (χ1v) is 31.7. The summed E-state index contributed by atoms with van der Waals surface area (Å²) in [5, 5.41) is 27.3. The van der Waals surface area contributed by atoms with Crippen molar-refractivity contribution in [2.75, 3.05) is 0 Å². The highest BCUT2D eigenvalue weighted by atomic mass is 15.4. The van der Waals surface area contributed by atoms with Crippen molar-refractivity contribution in [2.24, 2.45) is 4.99 Å². The molecule has 2 aliphatic carbocycles. The van der Waals surface area contributed by atoms with Gasteiger partial charge in [-0.1, -0.05) is 255 Å². The van der Waals surface area contributed by atoms with Crippen LogP contribution in [0.3, 0.4) is 0 Å². The number of hydrogen-bond acceptors (Lipinski definition) is 6. The number of rotatable bonds is 11. The summed E-state index contributed by atoms with van der Waals surface area (Å²) in [6.07, 6.45) is 18.5. The number of benzene rings is 11. The SMILES string of the molecule is C1=CCC(c2cccc(C3NC(c4cc(C5NC(c6ccccc6)NC(c6ccccc6)N5)ccc4-n4c5ccc(C6C=CC=CC6)cc5c5cc(-c6ccccc6)c6c(c7ccccc7n6-c6ccc7ccccc7c6)c54)=NC(c4ccccc4)N3)c2)C=C1. The largest absolute Gasteiger partial charge is 0.350 e. The summed E-state index contributed by atoms with van der Waals surface area (Å²) in [5.41, 5.74) is 18.2. The monoisotopic (exact) mass is 1160 g/mol. The summed E-state index contributed by atoms with van der Waals surface area (Å²) in [4.78, 5) is 5.85. The molecule has 4 aliphatic rings. The molecule has 1 fully saturated rings. The number of nitrogens with one attached hydrogen (secondary N) is 5. The van der Waals surface area contributed by atoms with Gasteiger partial charge in [-0.2, -0.15) is 0 Å². The number of hydrogen-bond donors (Lipinski definition) is 5. The van der Waals surface area contributed by atoms with Crippen LogP contribution in [-0.2, 0) is 0 Å². The number of para-hydroxylation sites is 1. The lowest BCUT2D eigenvalue weighted by molar-refractivity contribution is 0.203. The second-order valence-corrected chi connectivity index (χ2v) is 24.3. The molecular formula is C82H66N8. The topological polar surface area (TPSA) is 82.4 Å². The van der Waals surface area contributed by atoms with Crippen molar-refractivity contribution in [3.8, 4) is 22.5 Å². The van der Waals surface area contributed by atoms with E-state index >= 15 is 0 Å². The number of aromatic nitrogens is 2. The first kappa shape index (κ1) is 53.8. The van der Waals surface area contributed by atoms with Gasteiger partial charge < -0.3 is 14.5 Å². The zero-order chi connectivity index (χ0) is 59.5. The molecule has 1 saturated heterocycles. The standard InChI is InChI=1S/C82H66N8/c1-7-24-53(25-8-1)60-38-23-39-63(48-60)80-86-79(59-35-17-6-18-36-59)87-82(88-80)70-51-64(81-84-77(57-31-13-4-14-32-57)83-78(85-81)58-33-15-5-16-34-58)44-47-73(70)90-72-46-43-62(54-26-9-2-10-27-54)50-68(72)69-52-67(56-29-11-3-12-30-56)75-74(76(69)90)66-40-21-22-41-71(66)89(75)65-45-42-55-28-19-20-37-61(55)49-65/h1-24,26,28-54,77-81,83-86H,25,27H2,(H,87,88). The number of nitrogens with zero attached hydrogens (tertiary/aromatic N) is 3. The predicted octanol–water partition coefficient (Wildman–Crippen LogP) is 18.4. The van der Waals surface area contributed by atoms with Gasteiger partial charge in [0.15, 0.2) is 0 Å². The molecule has 8 nitrogen and oxygen atoms in total. The van der Waals surface area contributed by atoms with Crippen molar-refractivity contribution in [1.29, 1.82) is 0 Å². The van der Waals surface area contributed by atoms with Crippen LogP contribution in [0.1, 0.15) is 100 Å². The van der Waals surface area contributed by atoms with Crippen LogP contribution in [0.2, 0.25) is 0 Å². The summed E-state index contributed by atoms with van der Waals surface area (Å²) in [7, 11) is 0. The molecule has 6 atom stereocenters. The van der Waals surface area contributed by atoms with Gasteiger partial charge in [-0.05, 0) is 117 Å². The van der Waals surface area contributed by atoms with Crippen LogP contribution in [0.4, 0.5) is 0 Å². The lowest BCUT2D eigenvalue weighted by Gasteiger charge is -2.40. The van der Waals surface area contributed by atoms with E-state index in [-0.39, 0.29) is 42.7 Å². The van der Waals surface area contributed by atoms with Crippen molar-refractivity contribution in [3.05, 3.63) is 348 Å². The molecule has 90 heavy (non-hydrogen) atoms. The lowest BCUT2D eigenvalue weighted by atomic mass is 9.91. The van der Waals surface area contributed by atoms with Crippen LogP contribution in [0.25, 0.3) is 76.9 Å². The van der Waals surface area contributed by atoms with E-state index in [1.165, 1.54) is 49.0 Å². The van der Waals surface area contributed by atoms with Crippen molar-refractivity contribution in [2.45, 2.75) is 55.5 Å². The van der Waals surface area contributed by atoms with Crippen molar-refractivity contribution < 1.29 is 0 Å². The third-order valence-electron chi connectivity index (χ3n) is 18.9. The number of fused-ring (bicyclic) bond motifs is 8. The first-order chi connectivity index (χ1) is 44.6. The molecule has 0 radical (unpaired) electrons. The van der Waals surface area contributed by atoms with Gasteiger partial charge in [-0.15, -0.1) is 0 Å². The van der Waals surface area contributed by atoms with Crippen molar-refractivity contribution in [3.63, 3.8) is 0 Å². The van der Waals surface area contributed by atoms with Crippen LogP contribution in [-0.4, -0.2) is 15.0 Å². The summed E-state index contributed by atoms with van der Waals surface area (Å²) in [6.45, 7) is 0. The van der Waals surface area contributed by atoms with E-state index in [0.717, 1.165) is 91.1 Å². The van der Waals surface area contributed by atoms with E-state index in [1.54, 1.807) is 0 Å². The molecule has 0 amide bonds. The number of allylic oxidation sites excluding steroid dienone is 8. The molecular weight excluding hydrogens is 1100 g/mol. The highest BCUT2D eigenvalue weighted by molar-refractivity contribution is 6.29. The van der Waals surface area contributed by atoms with Gasteiger partial charge in [0.2, 0.25) is 0 Å². The molecule has 13 aromatic rings. The van der Waals surface area contributed by atoms with Crippen LogP contribution in [0.5, 0.6) is 0 Å². The Bertz CT molecular complexity index is 4990. The quantitative estimate of drug-likeness (QED) is 0.0892. The molecule has 2 aromatic heterocycles. The maximum Gasteiger partial charge on any atom is 0.134 e. The highest BCUT2D eigenvalue weighted by Gasteiger charge is 2.34. The van der Waals surface area contributed by atoms with E-state index in [9.17, 15) is 0 Å². The Labute approximate surface area is 524 Å². The molecule has 434 valence electrons. The van der Waals surface area contributed by atoms with Crippen LogP contribution < -0.4 is 26.6 Å². The maximum absolute atomic E-state index is 5.85. The molecule has 0 spiro atoms. The molecule has 17 rings (SSSR count). The minimum atomic E-state index is -0.386. The van der Waals surface area contributed by atoms with E-state index < -0.39 is 0 Å². The van der Waals surface area contributed by atoms with E-state index in [0.29, 0.717) is 0 Å². The van der Waals surface area contributed by atoms with Gasteiger partial charge >= 0.3 is 0 Å². The van der Waals surface area contributed by atoms with Crippen LogP contribution >= 0.6 is 0 Å². The van der Waals surface area contributed by atoms with Gasteiger partial charge in [0.25, 0.3) is 0 Å². The average Bonchev–Trinajstić information content (AvgIpc) is 1.54. The fourth-order valence-corrected chi connectivity index (χ4v) is 14.5. The van der Waals surface area contributed by atoms with Crippen LogP contribution in [0, 0.1) is 0 Å². The molecule has 5 N–H and O–H groups in total. The molecule has 6 unspecified atom stereocenters. The molecule has 2 aliphatic heterocycles. The Morgan fingerprint density at radius 1 is 0.356 bits per heavy atom. The minimum absolute atomic E-state index is 0.165. The number of amidine groups is 1. The van der Waals surface area contributed by atoms with Crippen molar-refractivity contribution in [1.82, 2.24) is 35.7 Å². The van der Waals surface area contributed by atoms with E-state index in [1.807, 2.05) is 0 Å². The minimum Gasteiger partial charge on any atom is -0.350 e. The van der Waals surface area contributed by atoms with E-state index in [4.69, 9.17) is 4.99 Å². The molecule has 11 aromatic carbocycles. The zero-order valence-corrected chi connectivity index (χ0v) is 49.7. The summed E-state index contributed by atoms with van der Waals surface area (Å²) in [6, 6.07) is 93.8. The van der Waals surface area contributed by atoms with Crippen LogP contribution in [0.15, 0.2) is 308 Å². The Hall–Kier alpha value is -10.5. The fraction of sp³-hybridized carbons (Fsp3) is 0.110. The molecule has 0 bridgehead atoms. The predicted molar refractivity (Wildman–Crippen MR) is 371 cm³/mol. The Balaban J connectivity index is 0.959. The van der Waals surface area contributed by atoms with Gasteiger partial charge in [-0.25, -0.2) is 4.99 Å². The van der Waals surface area contributed by atoms with Gasteiger partial charge in [-0.3, -0.25) is 21.3 Å². The number of aliphatic imine (C=N–C) groups is 1. The zero-order valence-electron chi connectivity index (χ0n) is 49.7. The molecule has 0 saturated carbocycles. The first-order valence-electron chi connectivity index (χ1n) is 31.7. The normalized spacial score (nSPS) is 20.7. The third kappa shape index (κ3) is 9.69. The Morgan fingerprint density at radius 3 is 1.63 bits per heavy atom. The Kier molecular flexibility index (Phi) is 13.7. The summed E-state index contributed by atoms with van der Waals surface area (Å²) < 4.78 is 5.11. The lowest BCUT2D eigenvalue weighted by Crippen LogP contribution is -2.54. The second-order valence-electron chi connectivity index (χ2n) is 24.3. The summed E-state index contributed by atoms with van der Waals surface area (Å²) >= 11 is 0. The maximum atomic E-state index is 5.85. The average molecular weight is 1160 g/mol. The Morgan fingerprint density at radius 2 is 0.933 bits per heavy atom. The van der Waals surface area contributed by atoms with Gasteiger partial charge in [0.1, 0.15) is 18.2 Å². The highest BCUT2D eigenvalue weighted by Crippen LogP contribution is 2.48. The second kappa shape index (κ2) is 22.9.